The summed E-state index contributed by atoms with van der Waals surface area (Å²) in [4.78, 5) is 11.0. The highest BCUT2D eigenvalue weighted by Gasteiger charge is 2.36. The molecule has 100 valence electrons. The predicted molar refractivity (Wildman–Crippen MR) is 73.1 cm³/mol. The number of sulfonamides is 1. The second-order valence-electron chi connectivity index (χ2n) is 3.94. The van der Waals surface area contributed by atoms with E-state index in [1.165, 1.54) is 10.4 Å². The summed E-state index contributed by atoms with van der Waals surface area (Å²) >= 11 is 10.1. The standard InChI is InChI=1S/C9H10BrClN2O3S2/c10-8-6(11)3-7(17-8)18(15,16)13-2-1-5(4-13)9(12)14/h3,5H,1-2,4H2,(H2,12,14). The fourth-order valence-electron chi connectivity index (χ4n) is 1.76. The maximum atomic E-state index is 12.3. The first-order valence-electron chi connectivity index (χ1n) is 5.06. The molecule has 1 unspecified atom stereocenters. The zero-order valence-corrected chi connectivity index (χ0v) is 13.1. The topological polar surface area (TPSA) is 80.5 Å². The van der Waals surface area contributed by atoms with Gasteiger partial charge in [-0.1, -0.05) is 11.6 Å². The van der Waals surface area contributed by atoms with Crippen molar-refractivity contribution in [3.63, 3.8) is 0 Å². The number of nitrogens with two attached hydrogens (primary N) is 1. The number of carbonyl (C=O) groups excluding carboxylic acids is 1. The largest absolute Gasteiger partial charge is 0.369 e. The van der Waals surface area contributed by atoms with E-state index in [0.717, 1.165) is 11.3 Å². The lowest BCUT2D eigenvalue weighted by molar-refractivity contribution is -0.121. The van der Waals surface area contributed by atoms with Gasteiger partial charge in [0.25, 0.3) is 10.0 Å². The number of rotatable bonds is 3. The van der Waals surface area contributed by atoms with Crippen molar-refractivity contribution in [3.05, 3.63) is 14.9 Å². The molecule has 2 N–H and O–H groups in total. The number of thiophene rings is 1. The molecule has 0 radical (unpaired) electrons. The minimum absolute atomic E-state index is 0.144. The van der Waals surface area contributed by atoms with Crippen molar-refractivity contribution in [1.29, 1.82) is 0 Å². The van der Waals surface area contributed by atoms with Gasteiger partial charge in [0, 0.05) is 13.1 Å². The molecule has 1 saturated heterocycles. The maximum Gasteiger partial charge on any atom is 0.252 e. The number of halogens is 2. The zero-order valence-electron chi connectivity index (χ0n) is 9.10. The zero-order chi connectivity index (χ0) is 13.5. The van der Waals surface area contributed by atoms with E-state index in [0.29, 0.717) is 21.8 Å². The third kappa shape index (κ3) is 2.57. The van der Waals surface area contributed by atoms with E-state index in [2.05, 4.69) is 15.9 Å². The van der Waals surface area contributed by atoms with Crippen LogP contribution in [0.4, 0.5) is 0 Å². The normalized spacial score (nSPS) is 21.3. The van der Waals surface area contributed by atoms with Crippen LogP contribution in [-0.4, -0.2) is 31.7 Å². The van der Waals surface area contributed by atoms with Crippen LogP contribution in [0.15, 0.2) is 14.1 Å². The fraction of sp³-hybridized carbons (Fsp3) is 0.444. The van der Waals surface area contributed by atoms with Crippen LogP contribution < -0.4 is 5.73 Å². The average Bonchev–Trinajstić information content (AvgIpc) is 2.87. The lowest BCUT2D eigenvalue weighted by atomic mass is 10.1. The summed E-state index contributed by atoms with van der Waals surface area (Å²) in [6, 6.07) is 1.41. The molecule has 0 spiro atoms. The molecule has 9 heteroatoms. The monoisotopic (exact) mass is 372 g/mol. The Morgan fingerprint density at radius 1 is 1.61 bits per heavy atom. The van der Waals surface area contributed by atoms with Gasteiger partial charge < -0.3 is 5.73 Å². The Morgan fingerprint density at radius 3 is 2.72 bits per heavy atom. The fourth-order valence-corrected chi connectivity index (χ4v) is 5.81. The van der Waals surface area contributed by atoms with Gasteiger partial charge in [-0.25, -0.2) is 8.42 Å². The Morgan fingerprint density at radius 2 is 2.28 bits per heavy atom. The van der Waals surface area contributed by atoms with Crippen LogP contribution in [0.25, 0.3) is 0 Å². The van der Waals surface area contributed by atoms with E-state index in [9.17, 15) is 13.2 Å². The van der Waals surface area contributed by atoms with Gasteiger partial charge >= 0.3 is 0 Å². The van der Waals surface area contributed by atoms with E-state index >= 15 is 0 Å². The summed E-state index contributed by atoms with van der Waals surface area (Å²) in [5.41, 5.74) is 5.18. The minimum Gasteiger partial charge on any atom is -0.369 e. The van der Waals surface area contributed by atoms with Crippen LogP contribution in [0.2, 0.25) is 5.02 Å². The molecule has 0 aromatic carbocycles. The van der Waals surface area contributed by atoms with Crippen LogP contribution >= 0.6 is 38.9 Å². The second kappa shape index (κ2) is 5.09. The molecule has 1 amide bonds. The van der Waals surface area contributed by atoms with E-state index < -0.39 is 21.8 Å². The van der Waals surface area contributed by atoms with Crippen molar-refractivity contribution in [2.24, 2.45) is 11.7 Å². The molecule has 5 nitrogen and oxygen atoms in total. The molecule has 2 rings (SSSR count). The van der Waals surface area contributed by atoms with E-state index in [4.69, 9.17) is 17.3 Å². The highest BCUT2D eigenvalue weighted by Crippen LogP contribution is 2.37. The molecule has 1 aromatic rings. The SMILES string of the molecule is NC(=O)C1CCN(S(=O)(=O)c2cc(Cl)c(Br)s2)C1. The number of carbonyl (C=O) groups is 1. The van der Waals surface area contributed by atoms with Crippen molar-refractivity contribution in [3.8, 4) is 0 Å². The molecular weight excluding hydrogens is 364 g/mol. The summed E-state index contributed by atoms with van der Waals surface area (Å²) in [5, 5.41) is 0.365. The van der Waals surface area contributed by atoms with Crippen LogP contribution in [0.3, 0.4) is 0 Å². The number of hydrogen-bond acceptors (Lipinski definition) is 4. The Kier molecular flexibility index (Phi) is 4.03. The third-order valence-electron chi connectivity index (χ3n) is 2.77. The van der Waals surface area contributed by atoms with Crippen molar-refractivity contribution in [2.45, 2.75) is 10.6 Å². The van der Waals surface area contributed by atoms with Crippen molar-refractivity contribution in [2.75, 3.05) is 13.1 Å². The van der Waals surface area contributed by atoms with Crippen LogP contribution in [0.5, 0.6) is 0 Å². The molecule has 0 bridgehead atoms. The first-order chi connectivity index (χ1) is 8.32. The average molecular weight is 374 g/mol. The molecule has 18 heavy (non-hydrogen) atoms. The van der Waals surface area contributed by atoms with Crippen molar-refractivity contribution in [1.82, 2.24) is 4.31 Å². The number of nitrogens with zero attached hydrogens (tertiary/aromatic N) is 1. The first-order valence-corrected chi connectivity index (χ1v) is 8.49. The Balaban J connectivity index is 2.25. The van der Waals surface area contributed by atoms with Crippen molar-refractivity contribution >= 4 is 54.8 Å². The summed E-state index contributed by atoms with van der Waals surface area (Å²) in [6.45, 7) is 0.452. The van der Waals surface area contributed by atoms with Gasteiger partial charge in [0.15, 0.2) is 0 Å². The van der Waals surface area contributed by atoms with Gasteiger partial charge in [0.05, 0.1) is 14.7 Å². The molecular formula is C9H10BrClN2O3S2. The van der Waals surface area contributed by atoms with Gasteiger partial charge in [0.1, 0.15) is 4.21 Å². The molecule has 0 saturated carbocycles. The summed E-state index contributed by atoms with van der Waals surface area (Å²) in [6.07, 6.45) is 0.467. The van der Waals surface area contributed by atoms with Crippen molar-refractivity contribution < 1.29 is 13.2 Å². The molecule has 0 aliphatic carbocycles. The van der Waals surface area contributed by atoms with Gasteiger partial charge in [0.2, 0.25) is 5.91 Å². The van der Waals surface area contributed by atoms with E-state index in [1.54, 1.807) is 0 Å². The van der Waals surface area contributed by atoms with Gasteiger partial charge in [-0.2, -0.15) is 4.31 Å². The molecule has 1 aliphatic rings. The maximum absolute atomic E-state index is 12.3. The highest BCUT2D eigenvalue weighted by molar-refractivity contribution is 9.11. The van der Waals surface area contributed by atoms with Gasteiger partial charge in [-0.15, -0.1) is 11.3 Å². The third-order valence-corrected chi connectivity index (χ3v) is 7.56. The lowest BCUT2D eigenvalue weighted by Gasteiger charge is -2.14. The quantitative estimate of drug-likeness (QED) is 0.875. The highest BCUT2D eigenvalue weighted by atomic mass is 79.9. The molecule has 1 atom stereocenters. The summed E-state index contributed by atoms with van der Waals surface area (Å²) in [5.74, 6) is -0.864. The molecule has 1 aliphatic heterocycles. The Labute approximate surface area is 122 Å². The predicted octanol–water partition coefficient (Wildman–Crippen LogP) is 1.66. The van der Waals surface area contributed by atoms with E-state index in [-0.39, 0.29) is 10.8 Å². The Hall–Kier alpha value is -0.150. The van der Waals surface area contributed by atoms with E-state index in [1.807, 2.05) is 0 Å². The molecule has 1 fully saturated rings. The van der Waals surface area contributed by atoms with Gasteiger partial charge in [-0.05, 0) is 28.4 Å². The van der Waals surface area contributed by atoms with Crippen LogP contribution in [-0.2, 0) is 14.8 Å². The second-order valence-corrected chi connectivity index (χ2v) is 8.88. The summed E-state index contributed by atoms with van der Waals surface area (Å²) < 4.78 is 26.6. The summed E-state index contributed by atoms with van der Waals surface area (Å²) in [7, 11) is -3.58. The minimum atomic E-state index is -3.58. The molecule has 2 heterocycles. The van der Waals surface area contributed by atoms with Gasteiger partial charge in [-0.3, -0.25) is 4.79 Å². The lowest BCUT2D eigenvalue weighted by Crippen LogP contribution is -2.31. The number of hydrogen-bond donors (Lipinski definition) is 1. The van der Waals surface area contributed by atoms with Crippen LogP contribution in [0, 0.1) is 5.92 Å². The van der Waals surface area contributed by atoms with Crippen LogP contribution in [0.1, 0.15) is 6.42 Å². The smallest absolute Gasteiger partial charge is 0.252 e. The Bertz CT molecular complexity index is 567. The number of primary amides is 1. The molecule has 1 aromatic heterocycles. The number of amides is 1. The first kappa shape index (κ1) is 14.3.